The summed E-state index contributed by atoms with van der Waals surface area (Å²) in [6.45, 7) is 2.02. The lowest BCUT2D eigenvalue weighted by Crippen LogP contribution is -2.19. The number of rotatable bonds is 5. The van der Waals surface area contributed by atoms with Crippen molar-refractivity contribution < 1.29 is 13.2 Å². The Morgan fingerprint density at radius 1 is 1.05 bits per heavy atom. The monoisotopic (exact) mass is 318 g/mol. The number of hydrogen-bond acceptors (Lipinski definition) is 3. The lowest BCUT2D eigenvalue weighted by molar-refractivity contribution is 0.102. The third-order valence-corrected chi connectivity index (χ3v) is 4.77. The number of para-hydroxylation sites is 1. The average Bonchev–Trinajstić information content (AvgIpc) is 2.55. The van der Waals surface area contributed by atoms with Crippen LogP contribution >= 0.6 is 0 Å². The molecule has 0 heterocycles. The van der Waals surface area contributed by atoms with E-state index < -0.39 is 10.0 Å². The first-order valence-electron chi connectivity index (χ1n) is 6.91. The van der Waals surface area contributed by atoms with Crippen LogP contribution in [0.5, 0.6) is 0 Å². The average molecular weight is 318 g/mol. The summed E-state index contributed by atoms with van der Waals surface area (Å²) in [5, 5.41) is 2.85. The molecule has 0 spiro atoms. The van der Waals surface area contributed by atoms with Crippen molar-refractivity contribution in [2.75, 3.05) is 12.4 Å². The quantitative estimate of drug-likeness (QED) is 0.889. The van der Waals surface area contributed by atoms with Crippen LogP contribution in [-0.4, -0.2) is 21.4 Å². The van der Waals surface area contributed by atoms with Gasteiger partial charge in [-0.05, 0) is 49.4 Å². The molecule has 2 rings (SSSR count). The van der Waals surface area contributed by atoms with Gasteiger partial charge in [0.2, 0.25) is 10.0 Å². The maximum absolute atomic E-state index is 12.2. The summed E-state index contributed by atoms with van der Waals surface area (Å²) < 4.78 is 25.5. The van der Waals surface area contributed by atoms with E-state index in [4.69, 9.17) is 0 Å². The lowest BCUT2D eigenvalue weighted by Gasteiger charge is -2.10. The van der Waals surface area contributed by atoms with Gasteiger partial charge in [-0.3, -0.25) is 4.79 Å². The van der Waals surface area contributed by atoms with Crippen LogP contribution in [0.15, 0.2) is 53.4 Å². The van der Waals surface area contributed by atoms with Gasteiger partial charge < -0.3 is 5.32 Å². The van der Waals surface area contributed by atoms with Gasteiger partial charge in [-0.1, -0.05) is 25.1 Å². The Bertz CT molecular complexity index is 768. The number of hydrogen-bond donors (Lipinski definition) is 2. The van der Waals surface area contributed by atoms with E-state index in [0.717, 1.165) is 17.7 Å². The largest absolute Gasteiger partial charge is 0.322 e. The summed E-state index contributed by atoms with van der Waals surface area (Å²) in [7, 11) is -2.15. The van der Waals surface area contributed by atoms with Crippen LogP contribution in [0.1, 0.15) is 22.8 Å². The molecule has 0 saturated heterocycles. The summed E-state index contributed by atoms with van der Waals surface area (Å²) >= 11 is 0. The van der Waals surface area contributed by atoms with Crippen molar-refractivity contribution in [1.29, 1.82) is 0 Å². The van der Waals surface area contributed by atoms with E-state index in [1.54, 1.807) is 0 Å². The number of nitrogens with one attached hydrogen (secondary N) is 2. The molecule has 2 N–H and O–H groups in total. The second kappa shape index (κ2) is 6.72. The van der Waals surface area contributed by atoms with Gasteiger partial charge >= 0.3 is 0 Å². The van der Waals surface area contributed by atoms with Gasteiger partial charge in [-0.25, -0.2) is 13.1 Å². The number of carbonyl (C=O) groups is 1. The molecular formula is C16H18N2O3S. The number of anilines is 1. The zero-order chi connectivity index (χ0) is 16.2. The van der Waals surface area contributed by atoms with Crippen molar-refractivity contribution in [3.63, 3.8) is 0 Å². The highest BCUT2D eigenvalue weighted by Gasteiger charge is 2.13. The van der Waals surface area contributed by atoms with E-state index in [1.165, 1.54) is 31.3 Å². The maximum Gasteiger partial charge on any atom is 0.255 e. The second-order valence-electron chi connectivity index (χ2n) is 4.70. The van der Waals surface area contributed by atoms with E-state index in [0.29, 0.717) is 5.56 Å². The minimum atomic E-state index is -3.49. The highest BCUT2D eigenvalue weighted by molar-refractivity contribution is 7.89. The Balaban J connectivity index is 2.20. The molecule has 0 atom stereocenters. The third-order valence-electron chi connectivity index (χ3n) is 3.34. The van der Waals surface area contributed by atoms with Crippen LogP contribution in [0, 0.1) is 0 Å². The van der Waals surface area contributed by atoms with Crippen LogP contribution in [0.2, 0.25) is 0 Å². The van der Waals surface area contributed by atoms with Crippen molar-refractivity contribution in [3.8, 4) is 0 Å². The van der Waals surface area contributed by atoms with E-state index in [1.807, 2.05) is 31.2 Å². The predicted octanol–water partition coefficient (Wildman–Crippen LogP) is 2.41. The first-order chi connectivity index (χ1) is 10.5. The molecule has 0 unspecified atom stereocenters. The van der Waals surface area contributed by atoms with Crippen molar-refractivity contribution in [2.24, 2.45) is 0 Å². The summed E-state index contributed by atoms with van der Waals surface area (Å²) in [5.74, 6) is -0.269. The summed E-state index contributed by atoms with van der Waals surface area (Å²) in [6.07, 6.45) is 0.815. The van der Waals surface area contributed by atoms with Crippen molar-refractivity contribution >= 4 is 21.6 Å². The number of amides is 1. The van der Waals surface area contributed by atoms with E-state index >= 15 is 0 Å². The van der Waals surface area contributed by atoms with Crippen LogP contribution < -0.4 is 10.0 Å². The smallest absolute Gasteiger partial charge is 0.255 e. The zero-order valence-corrected chi connectivity index (χ0v) is 13.3. The van der Waals surface area contributed by atoms with E-state index in [-0.39, 0.29) is 10.8 Å². The molecule has 0 aromatic heterocycles. The van der Waals surface area contributed by atoms with Crippen molar-refractivity contribution in [1.82, 2.24) is 4.72 Å². The number of sulfonamides is 1. The Kier molecular flexibility index (Phi) is 4.95. The molecule has 1 amide bonds. The molecule has 6 heteroatoms. The molecule has 116 valence electrons. The number of benzene rings is 2. The predicted molar refractivity (Wildman–Crippen MR) is 86.5 cm³/mol. The molecule has 0 aliphatic rings. The number of aryl methyl sites for hydroxylation is 1. The summed E-state index contributed by atoms with van der Waals surface area (Å²) in [5.41, 5.74) is 2.22. The topological polar surface area (TPSA) is 75.3 Å². The Morgan fingerprint density at radius 3 is 2.27 bits per heavy atom. The van der Waals surface area contributed by atoms with Crippen LogP contribution in [0.4, 0.5) is 5.69 Å². The molecule has 2 aromatic carbocycles. The van der Waals surface area contributed by atoms with Crippen LogP contribution in [0.25, 0.3) is 0 Å². The fraction of sp³-hybridized carbons (Fsp3) is 0.188. The fourth-order valence-electron chi connectivity index (χ4n) is 2.05. The molecule has 2 aromatic rings. The third kappa shape index (κ3) is 3.52. The Hall–Kier alpha value is -2.18. The lowest BCUT2D eigenvalue weighted by atomic mass is 10.1. The first kappa shape index (κ1) is 16.2. The van der Waals surface area contributed by atoms with Gasteiger partial charge in [0.25, 0.3) is 5.91 Å². The highest BCUT2D eigenvalue weighted by Crippen LogP contribution is 2.17. The minimum Gasteiger partial charge on any atom is -0.322 e. The van der Waals surface area contributed by atoms with Crippen LogP contribution in [-0.2, 0) is 16.4 Å². The summed E-state index contributed by atoms with van der Waals surface area (Å²) in [4.78, 5) is 12.4. The standard InChI is InChI=1S/C16H18N2O3S/c1-3-12-6-4-5-7-15(12)18-16(19)13-8-10-14(11-9-13)22(20,21)17-2/h4-11,17H,3H2,1-2H3,(H,18,19). The van der Waals surface area contributed by atoms with Gasteiger partial charge in [0.05, 0.1) is 4.90 Å². The maximum atomic E-state index is 12.2. The van der Waals surface area contributed by atoms with Crippen molar-refractivity contribution in [3.05, 3.63) is 59.7 Å². The van der Waals surface area contributed by atoms with E-state index in [2.05, 4.69) is 10.0 Å². The molecular weight excluding hydrogens is 300 g/mol. The molecule has 0 aliphatic heterocycles. The highest BCUT2D eigenvalue weighted by atomic mass is 32.2. The van der Waals surface area contributed by atoms with Gasteiger partial charge in [0.1, 0.15) is 0 Å². The molecule has 0 radical (unpaired) electrons. The fourth-order valence-corrected chi connectivity index (χ4v) is 2.78. The first-order valence-corrected chi connectivity index (χ1v) is 8.39. The zero-order valence-electron chi connectivity index (χ0n) is 12.5. The van der Waals surface area contributed by atoms with Gasteiger partial charge in [0, 0.05) is 11.3 Å². The van der Waals surface area contributed by atoms with Gasteiger partial charge in [-0.15, -0.1) is 0 Å². The van der Waals surface area contributed by atoms with E-state index in [9.17, 15) is 13.2 Å². The SMILES string of the molecule is CCc1ccccc1NC(=O)c1ccc(S(=O)(=O)NC)cc1. The van der Waals surface area contributed by atoms with Gasteiger partial charge in [-0.2, -0.15) is 0 Å². The van der Waals surface area contributed by atoms with Gasteiger partial charge in [0.15, 0.2) is 0 Å². The minimum absolute atomic E-state index is 0.125. The second-order valence-corrected chi connectivity index (χ2v) is 6.58. The Morgan fingerprint density at radius 2 is 1.68 bits per heavy atom. The molecule has 5 nitrogen and oxygen atoms in total. The summed E-state index contributed by atoms with van der Waals surface area (Å²) in [6, 6.07) is 13.4. The van der Waals surface area contributed by atoms with Crippen molar-refractivity contribution in [2.45, 2.75) is 18.2 Å². The van der Waals surface area contributed by atoms with Crippen LogP contribution in [0.3, 0.4) is 0 Å². The molecule has 22 heavy (non-hydrogen) atoms. The molecule has 0 bridgehead atoms. The normalized spacial score (nSPS) is 11.2. The number of carbonyl (C=O) groups excluding carboxylic acids is 1. The molecule has 0 aliphatic carbocycles. The Labute approximate surface area is 130 Å². The molecule has 0 fully saturated rings. The molecule has 0 saturated carbocycles.